The van der Waals surface area contributed by atoms with Crippen molar-refractivity contribution >= 4 is 29.2 Å². The number of nitrogen functional groups attached to an aromatic ring is 1. The molecule has 0 fully saturated rings. The van der Waals surface area contributed by atoms with E-state index >= 15 is 0 Å². The normalized spacial score (nSPS) is 10.4. The van der Waals surface area contributed by atoms with E-state index in [0.29, 0.717) is 17.5 Å². The Labute approximate surface area is 146 Å². The quantitative estimate of drug-likeness (QED) is 0.433. The van der Waals surface area contributed by atoms with Crippen molar-refractivity contribution in [1.29, 1.82) is 0 Å². The van der Waals surface area contributed by atoms with E-state index < -0.39 is 0 Å². The topological polar surface area (TPSA) is 84.1 Å². The van der Waals surface area contributed by atoms with E-state index in [2.05, 4.69) is 32.3 Å². The second-order valence-corrected chi connectivity index (χ2v) is 6.41. The largest absolute Gasteiger partial charge is 0.384 e. The van der Waals surface area contributed by atoms with E-state index in [4.69, 9.17) is 5.73 Å². The smallest absolute Gasteiger partial charge is 0.230 e. The molecule has 0 radical (unpaired) electrons. The van der Waals surface area contributed by atoms with Crippen molar-refractivity contribution < 1.29 is 4.79 Å². The molecular formula is C17H23N5OS. The van der Waals surface area contributed by atoms with Crippen molar-refractivity contribution in [2.24, 2.45) is 0 Å². The van der Waals surface area contributed by atoms with E-state index in [1.165, 1.54) is 17.4 Å². The Morgan fingerprint density at radius 1 is 1.29 bits per heavy atom. The summed E-state index contributed by atoms with van der Waals surface area (Å²) in [5, 5.41) is 3.45. The van der Waals surface area contributed by atoms with Gasteiger partial charge in [0.1, 0.15) is 5.82 Å². The lowest BCUT2D eigenvalue weighted by molar-refractivity contribution is -0.118. The number of nitrogens with two attached hydrogens (primary N) is 1. The fourth-order valence-electron chi connectivity index (χ4n) is 2.17. The van der Waals surface area contributed by atoms with Crippen molar-refractivity contribution in [1.82, 2.24) is 15.3 Å². The number of hydrogen-bond acceptors (Lipinski definition) is 6. The van der Waals surface area contributed by atoms with Crippen molar-refractivity contribution in [2.75, 3.05) is 36.5 Å². The lowest BCUT2D eigenvalue weighted by atomic mass is 10.3. The zero-order chi connectivity index (χ0) is 17.4. The molecule has 0 saturated heterocycles. The van der Waals surface area contributed by atoms with E-state index in [1.54, 1.807) is 6.07 Å². The monoisotopic (exact) mass is 345 g/mol. The van der Waals surface area contributed by atoms with Crippen LogP contribution in [-0.2, 0) is 4.79 Å². The van der Waals surface area contributed by atoms with Gasteiger partial charge in [-0.15, -0.1) is 0 Å². The molecular weight excluding hydrogens is 322 g/mol. The number of benzene rings is 1. The van der Waals surface area contributed by atoms with Crippen LogP contribution in [0.15, 0.2) is 41.6 Å². The maximum Gasteiger partial charge on any atom is 0.230 e. The van der Waals surface area contributed by atoms with Crippen molar-refractivity contribution in [2.45, 2.75) is 18.5 Å². The van der Waals surface area contributed by atoms with Gasteiger partial charge in [0.05, 0.1) is 5.75 Å². The number of amides is 1. The van der Waals surface area contributed by atoms with Crippen LogP contribution in [0.5, 0.6) is 0 Å². The fraction of sp³-hybridized carbons (Fsp3) is 0.353. The van der Waals surface area contributed by atoms with E-state index in [9.17, 15) is 4.79 Å². The standard InChI is InChI=1S/C17H23N5OS/c1-13-11-15(18)21-17(20-13)24-12-16(23)19-9-6-10-22(2)14-7-4-3-5-8-14/h3-5,7-8,11H,6,9-10,12H2,1-2H3,(H,19,23)(H2,18,20,21). The highest BCUT2D eigenvalue weighted by atomic mass is 32.2. The molecule has 3 N–H and O–H groups in total. The molecule has 0 spiro atoms. The fourth-order valence-corrected chi connectivity index (χ4v) is 2.91. The highest BCUT2D eigenvalue weighted by molar-refractivity contribution is 7.99. The molecule has 0 aliphatic rings. The second-order valence-electron chi connectivity index (χ2n) is 5.47. The molecule has 0 aliphatic heterocycles. The number of aromatic nitrogens is 2. The number of thioether (sulfide) groups is 1. The van der Waals surface area contributed by atoms with Gasteiger partial charge in [-0.2, -0.15) is 0 Å². The summed E-state index contributed by atoms with van der Waals surface area (Å²) >= 11 is 1.29. The second kappa shape index (κ2) is 9.12. The summed E-state index contributed by atoms with van der Waals surface area (Å²) in [5.74, 6) is 0.692. The van der Waals surface area contributed by atoms with Gasteiger partial charge >= 0.3 is 0 Å². The van der Waals surface area contributed by atoms with Gasteiger partial charge in [0.2, 0.25) is 5.91 Å². The molecule has 0 bridgehead atoms. The average molecular weight is 345 g/mol. The van der Waals surface area contributed by atoms with Crippen molar-refractivity contribution in [3.8, 4) is 0 Å². The molecule has 0 saturated carbocycles. The zero-order valence-corrected chi connectivity index (χ0v) is 14.8. The van der Waals surface area contributed by atoms with Crippen LogP contribution in [0.1, 0.15) is 12.1 Å². The van der Waals surface area contributed by atoms with Crippen LogP contribution in [0, 0.1) is 6.92 Å². The molecule has 0 unspecified atom stereocenters. The van der Waals surface area contributed by atoms with Gasteiger partial charge in [-0.25, -0.2) is 9.97 Å². The Kier molecular flexibility index (Phi) is 6.87. The van der Waals surface area contributed by atoms with E-state index in [0.717, 1.165) is 18.7 Å². The number of aryl methyl sites for hydroxylation is 1. The van der Waals surface area contributed by atoms with Gasteiger partial charge in [-0.05, 0) is 25.5 Å². The number of nitrogens with zero attached hydrogens (tertiary/aromatic N) is 3. The Balaban J connectivity index is 1.64. The molecule has 0 aliphatic carbocycles. The lowest BCUT2D eigenvalue weighted by Gasteiger charge is -2.19. The minimum Gasteiger partial charge on any atom is -0.384 e. The third-order valence-corrected chi connectivity index (χ3v) is 4.22. The number of rotatable bonds is 8. The van der Waals surface area contributed by atoms with E-state index in [1.807, 2.05) is 32.2 Å². The van der Waals surface area contributed by atoms with Gasteiger partial charge in [-0.1, -0.05) is 30.0 Å². The molecule has 1 aromatic heterocycles. The number of hydrogen-bond donors (Lipinski definition) is 2. The summed E-state index contributed by atoms with van der Waals surface area (Å²) in [6.07, 6.45) is 0.885. The first kappa shape index (κ1) is 18.1. The zero-order valence-electron chi connectivity index (χ0n) is 14.0. The maximum atomic E-state index is 11.9. The number of carbonyl (C=O) groups is 1. The first-order chi connectivity index (χ1) is 11.5. The summed E-state index contributed by atoms with van der Waals surface area (Å²) in [4.78, 5) is 22.4. The highest BCUT2D eigenvalue weighted by Crippen LogP contribution is 2.14. The average Bonchev–Trinajstić information content (AvgIpc) is 2.56. The summed E-state index contributed by atoms with van der Waals surface area (Å²) in [5.41, 5.74) is 7.65. The number of para-hydroxylation sites is 1. The molecule has 24 heavy (non-hydrogen) atoms. The Morgan fingerprint density at radius 3 is 2.75 bits per heavy atom. The predicted molar refractivity (Wildman–Crippen MR) is 99.2 cm³/mol. The molecule has 0 atom stereocenters. The summed E-state index contributed by atoms with van der Waals surface area (Å²) in [7, 11) is 2.05. The van der Waals surface area contributed by atoms with E-state index in [-0.39, 0.29) is 11.7 Å². The first-order valence-corrected chi connectivity index (χ1v) is 8.80. The SMILES string of the molecule is Cc1cc(N)nc(SCC(=O)NCCCN(C)c2ccccc2)n1. The van der Waals surface area contributed by atoms with Crippen LogP contribution in [0.2, 0.25) is 0 Å². The predicted octanol–water partition coefficient (Wildman–Crippen LogP) is 2.10. The van der Waals surface area contributed by atoms with Crippen LogP contribution in [0.25, 0.3) is 0 Å². The summed E-state index contributed by atoms with van der Waals surface area (Å²) in [6.45, 7) is 3.38. The van der Waals surface area contributed by atoms with Crippen molar-refractivity contribution in [3.05, 3.63) is 42.1 Å². The number of anilines is 2. The highest BCUT2D eigenvalue weighted by Gasteiger charge is 2.06. The molecule has 1 heterocycles. The van der Waals surface area contributed by atoms with Crippen LogP contribution in [-0.4, -0.2) is 41.8 Å². The molecule has 2 rings (SSSR count). The minimum absolute atomic E-state index is 0.0222. The van der Waals surface area contributed by atoms with Crippen molar-refractivity contribution in [3.63, 3.8) is 0 Å². The van der Waals surface area contributed by atoms with Crippen LogP contribution in [0.3, 0.4) is 0 Å². The minimum atomic E-state index is -0.0222. The number of carbonyl (C=O) groups excluding carboxylic acids is 1. The Bertz CT molecular complexity index is 645. The van der Waals surface area contributed by atoms with Gasteiger partial charge < -0.3 is 16.0 Å². The molecule has 2 aromatic rings. The van der Waals surface area contributed by atoms with Gasteiger partial charge in [0.25, 0.3) is 0 Å². The van der Waals surface area contributed by atoms with Crippen LogP contribution < -0.4 is 16.0 Å². The third-order valence-electron chi connectivity index (χ3n) is 3.38. The van der Waals surface area contributed by atoms with Crippen LogP contribution in [0.4, 0.5) is 11.5 Å². The number of nitrogens with one attached hydrogen (secondary N) is 1. The molecule has 1 aromatic carbocycles. The molecule has 128 valence electrons. The lowest BCUT2D eigenvalue weighted by Crippen LogP contribution is -2.29. The Hall–Kier alpha value is -2.28. The molecule has 1 amide bonds. The van der Waals surface area contributed by atoms with Gasteiger partial charge in [0, 0.05) is 37.6 Å². The first-order valence-electron chi connectivity index (χ1n) is 7.81. The van der Waals surface area contributed by atoms with Gasteiger partial charge in [0.15, 0.2) is 5.16 Å². The van der Waals surface area contributed by atoms with Crippen LogP contribution >= 0.6 is 11.8 Å². The third kappa shape index (κ3) is 6.08. The van der Waals surface area contributed by atoms with Gasteiger partial charge in [-0.3, -0.25) is 4.79 Å². The molecule has 6 nitrogen and oxygen atoms in total. The molecule has 7 heteroatoms. The summed E-state index contributed by atoms with van der Waals surface area (Å²) in [6, 6.07) is 11.9. The summed E-state index contributed by atoms with van der Waals surface area (Å²) < 4.78 is 0. The maximum absolute atomic E-state index is 11.9. The Morgan fingerprint density at radius 2 is 2.04 bits per heavy atom.